The standard InChI is InChI=1S/C25H20N6OS/c1-3-16(15-7-8-26-19(15)5-1)22-13-21-23(33-22)25(31-9-11-32-12-10-31)29-24(28-21)17-4-2-6-20-18(17)14-27-30-20/h1-8,13-14,26H,9-12H2,(H,27,30). The molecule has 7 nitrogen and oxygen atoms in total. The summed E-state index contributed by atoms with van der Waals surface area (Å²) in [4.78, 5) is 17.0. The average molecular weight is 453 g/mol. The summed E-state index contributed by atoms with van der Waals surface area (Å²) in [6.07, 6.45) is 3.84. The highest BCUT2D eigenvalue weighted by molar-refractivity contribution is 7.22. The highest BCUT2D eigenvalue weighted by atomic mass is 32.1. The summed E-state index contributed by atoms with van der Waals surface area (Å²) in [6.45, 7) is 3.06. The Morgan fingerprint density at radius 1 is 0.909 bits per heavy atom. The van der Waals surface area contributed by atoms with Crippen molar-refractivity contribution in [2.24, 2.45) is 0 Å². The second-order valence-electron chi connectivity index (χ2n) is 8.18. The molecule has 1 fully saturated rings. The van der Waals surface area contributed by atoms with Gasteiger partial charge in [0.15, 0.2) is 11.6 Å². The number of hydrogen-bond donors (Lipinski definition) is 2. The smallest absolute Gasteiger partial charge is 0.162 e. The number of aromatic nitrogens is 5. The molecule has 7 rings (SSSR count). The van der Waals surface area contributed by atoms with Crippen molar-refractivity contribution in [3.8, 4) is 21.8 Å². The summed E-state index contributed by atoms with van der Waals surface area (Å²) in [5.74, 6) is 1.71. The molecule has 0 saturated carbocycles. The predicted molar refractivity (Wildman–Crippen MR) is 133 cm³/mol. The van der Waals surface area contributed by atoms with Gasteiger partial charge in [-0.15, -0.1) is 11.3 Å². The average Bonchev–Trinajstić information content (AvgIpc) is 3.62. The van der Waals surface area contributed by atoms with Crippen LogP contribution in [0.15, 0.2) is 60.9 Å². The van der Waals surface area contributed by atoms with Gasteiger partial charge in [-0.2, -0.15) is 5.10 Å². The van der Waals surface area contributed by atoms with E-state index < -0.39 is 0 Å². The van der Waals surface area contributed by atoms with E-state index in [9.17, 15) is 0 Å². The summed E-state index contributed by atoms with van der Waals surface area (Å²) in [5.41, 5.74) is 5.28. The van der Waals surface area contributed by atoms with Gasteiger partial charge in [-0.1, -0.05) is 24.3 Å². The Labute approximate surface area is 193 Å². The van der Waals surface area contributed by atoms with Gasteiger partial charge in [0, 0.05) is 51.6 Å². The predicted octanol–water partition coefficient (Wildman–Crippen LogP) is 5.22. The van der Waals surface area contributed by atoms with E-state index in [0.717, 1.165) is 56.9 Å². The van der Waals surface area contributed by atoms with Crippen molar-refractivity contribution in [3.63, 3.8) is 0 Å². The van der Waals surface area contributed by atoms with Crippen molar-refractivity contribution in [1.82, 2.24) is 25.1 Å². The number of nitrogens with one attached hydrogen (secondary N) is 2. The molecule has 2 N–H and O–H groups in total. The van der Waals surface area contributed by atoms with Crippen molar-refractivity contribution in [2.75, 3.05) is 31.2 Å². The lowest BCUT2D eigenvalue weighted by Gasteiger charge is -2.28. The molecule has 1 aliphatic rings. The van der Waals surface area contributed by atoms with Crippen LogP contribution in [0.4, 0.5) is 5.82 Å². The van der Waals surface area contributed by atoms with Crippen LogP contribution in [0, 0.1) is 0 Å². The maximum absolute atomic E-state index is 5.61. The lowest BCUT2D eigenvalue weighted by molar-refractivity contribution is 0.122. The minimum atomic E-state index is 0.707. The molecule has 0 aliphatic carbocycles. The molecule has 33 heavy (non-hydrogen) atoms. The van der Waals surface area contributed by atoms with Gasteiger partial charge in [-0.25, -0.2) is 9.97 Å². The quantitative estimate of drug-likeness (QED) is 0.385. The molecular weight excluding hydrogens is 432 g/mol. The summed E-state index contributed by atoms with van der Waals surface area (Å²) >= 11 is 1.76. The fourth-order valence-electron chi connectivity index (χ4n) is 4.62. The minimum Gasteiger partial charge on any atom is -0.378 e. The second kappa shape index (κ2) is 7.40. The molecule has 8 heteroatoms. The van der Waals surface area contributed by atoms with E-state index in [1.807, 2.05) is 24.5 Å². The monoisotopic (exact) mass is 452 g/mol. The number of morpholine rings is 1. The number of ether oxygens (including phenoxy) is 1. The van der Waals surface area contributed by atoms with Crippen molar-refractivity contribution in [3.05, 3.63) is 60.9 Å². The molecule has 0 spiro atoms. The molecule has 0 bridgehead atoms. The first-order valence-electron chi connectivity index (χ1n) is 11.0. The number of anilines is 1. The Morgan fingerprint density at radius 3 is 2.67 bits per heavy atom. The first-order chi connectivity index (χ1) is 16.3. The van der Waals surface area contributed by atoms with Crippen LogP contribution in [0.1, 0.15) is 0 Å². The fourth-order valence-corrected chi connectivity index (χ4v) is 5.77. The number of rotatable bonds is 3. The highest BCUT2D eigenvalue weighted by Gasteiger charge is 2.22. The van der Waals surface area contributed by atoms with Crippen LogP contribution in [0.5, 0.6) is 0 Å². The molecule has 5 heterocycles. The van der Waals surface area contributed by atoms with Gasteiger partial charge in [-0.05, 0) is 24.3 Å². The Balaban J connectivity index is 1.47. The number of benzene rings is 2. The van der Waals surface area contributed by atoms with E-state index >= 15 is 0 Å². The SMILES string of the molecule is c1cc(-c2nc(N3CCOCC3)c3sc(-c4cccc5[nH]ccc45)cc3n2)c2cn[nH]c2c1. The van der Waals surface area contributed by atoms with Crippen molar-refractivity contribution in [2.45, 2.75) is 0 Å². The van der Waals surface area contributed by atoms with Crippen LogP contribution in [0.3, 0.4) is 0 Å². The molecule has 1 aliphatic heterocycles. The molecule has 2 aromatic carbocycles. The lowest BCUT2D eigenvalue weighted by Crippen LogP contribution is -2.36. The van der Waals surface area contributed by atoms with E-state index in [0.29, 0.717) is 13.2 Å². The van der Waals surface area contributed by atoms with Gasteiger partial charge in [0.25, 0.3) is 0 Å². The molecule has 0 atom stereocenters. The maximum atomic E-state index is 5.61. The fraction of sp³-hybridized carbons (Fsp3) is 0.160. The molecule has 0 unspecified atom stereocenters. The number of fused-ring (bicyclic) bond motifs is 3. The van der Waals surface area contributed by atoms with Crippen LogP contribution in [-0.2, 0) is 4.74 Å². The zero-order chi connectivity index (χ0) is 21.8. The Morgan fingerprint density at radius 2 is 1.76 bits per heavy atom. The van der Waals surface area contributed by atoms with Crippen LogP contribution in [0.2, 0.25) is 0 Å². The molecular formula is C25H20N6OS. The normalized spacial score (nSPS) is 14.6. The van der Waals surface area contributed by atoms with E-state index in [1.165, 1.54) is 15.8 Å². The third-order valence-corrected chi connectivity index (χ3v) is 7.40. The Bertz CT molecular complexity index is 1620. The number of aromatic amines is 2. The summed E-state index contributed by atoms with van der Waals surface area (Å²) in [7, 11) is 0. The number of thiophene rings is 1. The van der Waals surface area contributed by atoms with Crippen LogP contribution < -0.4 is 4.90 Å². The minimum absolute atomic E-state index is 0.707. The van der Waals surface area contributed by atoms with Crippen LogP contribution in [-0.4, -0.2) is 51.5 Å². The maximum Gasteiger partial charge on any atom is 0.162 e. The summed E-state index contributed by atoms with van der Waals surface area (Å²) < 4.78 is 6.73. The molecule has 4 aromatic heterocycles. The first-order valence-corrected chi connectivity index (χ1v) is 11.8. The topological polar surface area (TPSA) is 82.7 Å². The highest BCUT2D eigenvalue weighted by Crippen LogP contribution is 2.41. The second-order valence-corrected chi connectivity index (χ2v) is 9.23. The molecule has 0 amide bonds. The van der Waals surface area contributed by atoms with E-state index in [-0.39, 0.29) is 0 Å². The third kappa shape index (κ3) is 3.02. The zero-order valence-corrected chi connectivity index (χ0v) is 18.5. The number of hydrogen-bond acceptors (Lipinski definition) is 6. The van der Waals surface area contributed by atoms with Gasteiger partial charge in [0.2, 0.25) is 0 Å². The lowest BCUT2D eigenvalue weighted by atomic mass is 10.1. The van der Waals surface area contributed by atoms with Crippen LogP contribution >= 0.6 is 11.3 Å². The Hall–Kier alpha value is -3.75. The summed E-state index contributed by atoms with van der Waals surface area (Å²) in [6, 6.07) is 16.8. The van der Waals surface area contributed by atoms with Gasteiger partial charge >= 0.3 is 0 Å². The number of H-pyrrole nitrogens is 2. The van der Waals surface area contributed by atoms with E-state index in [2.05, 4.69) is 56.5 Å². The van der Waals surface area contributed by atoms with Crippen LogP contribution in [0.25, 0.3) is 53.9 Å². The van der Waals surface area contributed by atoms with E-state index in [4.69, 9.17) is 14.7 Å². The zero-order valence-electron chi connectivity index (χ0n) is 17.7. The van der Waals surface area contributed by atoms with Gasteiger partial charge in [0.05, 0.1) is 35.1 Å². The van der Waals surface area contributed by atoms with Gasteiger partial charge in [-0.3, -0.25) is 5.10 Å². The third-order valence-electron chi connectivity index (χ3n) is 6.25. The molecule has 0 radical (unpaired) electrons. The Kier molecular flexibility index (Phi) is 4.21. The molecule has 6 aromatic rings. The van der Waals surface area contributed by atoms with Crippen molar-refractivity contribution in [1.29, 1.82) is 0 Å². The summed E-state index contributed by atoms with van der Waals surface area (Å²) in [5, 5.41) is 9.51. The van der Waals surface area contributed by atoms with Crippen molar-refractivity contribution >= 4 is 49.2 Å². The van der Waals surface area contributed by atoms with E-state index in [1.54, 1.807) is 11.3 Å². The van der Waals surface area contributed by atoms with Gasteiger partial charge < -0.3 is 14.6 Å². The van der Waals surface area contributed by atoms with Crippen molar-refractivity contribution < 1.29 is 4.74 Å². The van der Waals surface area contributed by atoms with Gasteiger partial charge in [0.1, 0.15) is 0 Å². The largest absolute Gasteiger partial charge is 0.378 e. The number of nitrogens with zero attached hydrogens (tertiary/aromatic N) is 4. The first kappa shape index (κ1) is 18.8. The molecule has 162 valence electrons. The molecule has 1 saturated heterocycles.